The largest absolute Gasteiger partial charge is 0.330 e. The SMILES string of the molecule is Cc1cc(-c2ccncc2)ncc1N1C[C@]2(CC[C@](c3ccccc3)(N(C)C)CC2)NC1=O. The fraction of sp³-hybridized carbons (Fsp3) is 0.370. The Morgan fingerprint density at radius 2 is 1.70 bits per heavy atom. The lowest BCUT2D eigenvalue weighted by molar-refractivity contribution is 0.0658. The highest BCUT2D eigenvalue weighted by molar-refractivity contribution is 5.96. The lowest BCUT2D eigenvalue weighted by Crippen LogP contribution is -2.54. The van der Waals surface area contributed by atoms with Gasteiger partial charge in [-0.05, 0) is 76.0 Å². The van der Waals surface area contributed by atoms with Gasteiger partial charge in [-0.3, -0.25) is 19.8 Å². The maximum atomic E-state index is 13.1. The highest BCUT2D eigenvalue weighted by Gasteiger charge is 2.50. The molecule has 1 spiro atoms. The summed E-state index contributed by atoms with van der Waals surface area (Å²) >= 11 is 0. The zero-order valence-electron chi connectivity index (χ0n) is 19.6. The van der Waals surface area contributed by atoms with E-state index in [0.29, 0.717) is 6.54 Å². The van der Waals surface area contributed by atoms with Crippen molar-refractivity contribution >= 4 is 11.7 Å². The molecular weight excluding hydrogens is 410 g/mol. The Bertz CT molecular complexity index is 1140. The van der Waals surface area contributed by atoms with Gasteiger partial charge in [-0.2, -0.15) is 0 Å². The van der Waals surface area contributed by atoms with Gasteiger partial charge in [0.2, 0.25) is 0 Å². The van der Waals surface area contributed by atoms with Crippen LogP contribution < -0.4 is 10.2 Å². The number of anilines is 1. The lowest BCUT2D eigenvalue weighted by atomic mass is 9.69. The van der Waals surface area contributed by atoms with Crippen molar-refractivity contribution in [2.24, 2.45) is 0 Å². The molecule has 3 heterocycles. The third-order valence-corrected chi connectivity index (χ3v) is 7.63. The number of carbonyl (C=O) groups excluding carboxylic acids is 1. The second-order valence-electron chi connectivity index (χ2n) is 9.68. The van der Waals surface area contributed by atoms with E-state index < -0.39 is 0 Å². The Labute approximate surface area is 195 Å². The molecule has 6 nitrogen and oxygen atoms in total. The van der Waals surface area contributed by atoms with Gasteiger partial charge in [-0.15, -0.1) is 0 Å². The lowest BCUT2D eigenvalue weighted by Gasteiger charge is -2.48. The van der Waals surface area contributed by atoms with E-state index >= 15 is 0 Å². The topological polar surface area (TPSA) is 61.4 Å². The second-order valence-corrected chi connectivity index (χ2v) is 9.68. The van der Waals surface area contributed by atoms with Crippen molar-refractivity contribution in [3.05, 3.63) is 78.2 Å². The van der Waals surface area contributed by atoms with E-state index in [1.54, 1.807) is 12.4 Å². The molecule has 1 aliphatic heterocycles. The van der Waals surface area contributed by atoms with E-state index in [1.165, 1.54) is 5.56 Å². The number of nitrogens with one attached hydrogen (secondary N) is 1. The molecule has 2 fully saturated rings. The van der Waals surface area contributed by atoms with E-state index in [2.05, 4.69) is 70.7 Å². The fourth-order valence-electron chi connectivity index (χ4n) is 5.58. The van der Waals surface area contributed by atoms with Gasteiger partial charge < -0.3 is 5.32 Å². The van der Waals surface area contributed by atoms with Crippen LogP contribution in [-0.4, -0.2) is 47.1 Å². The summed E-state index contributed by atoms with van der Waals surface area (Å²) in [6.07, 6.45) is 9.29. The van der Waals surface area contributed by atoms with E-state index in [0.717, 1.165) is 48.2 Å². The fourth-order valence-corrected chi connectivity index (χ4v) is 5.58. The highest BCUT2D eigenvalue weighted by Crippen LogP contribution is 2.46. The van der Waals surface area contributed by atoms with Gasteiger partial charge in [0.1, 0.15) is 0 Å². The first-order valence-electron chi connectivity index (χ1n) is 11.6. The molecular formula is C27H31N5O. The van der Waals surface area contributed by atoms with Crippen molar-refractivity contribution in [1.29, 1.82) is 0 Å². The van der Waals surface area contributed by atoms with Crippen LogP contribution in [0, 0.1) is 6.92 Å². The van der Waals surface area contributed by atoms with Crippen LogP contribution >= 0.6 is 0 Å². The number of rotatable bonds is 4. The molecule has 0 bridgehead atoms. The first kappa shape index (κ1) is 21.6. The summed E-state index contributed by atoms with van der Waals surface area (Å²) < 4.78 is 0. The van der Waals surface area contributed by atoms with Crippen LogP contribution in [0.4, 0.5) is 10.5 Å². The van der Waals surface area contributed by atoms with Crippen molar-refractivity contribution in [2.75, 3.05) is 25.5 Å². The molecule has 170 valence electrons. The van der Waals surface area contributed by atoms with Crippen LogP contribution in [0.25, 0.3) is 11.3 Å². The van der Waals surface area contributed by atoms with E-state index in [1.807, 2.05) is 30.2 Å². The predicted molar refractivity (Wildman–Crippen MR) is 131 cm³/mol. The summed E-state index contributed by atoms with van der Waals surface area (Å²) in [5.41, 5.74) is 5.02. The number of aryl methyl sites for hydroxylation is 1. The first-order chi connectivity index (χ1) is 15.9. The maximum absolute atomic E-state index is 13.1. The number of hydrogen-bond donors (Lipinski definition) is 1. The number of amides is 2. The van der Waals surface area contributed by atoms with Gasteiger partial charge in [0.15, 0.2) is 0 Å². The third-order valence-electron chi connectivity index (χ3n) is 7.63. The van der Waals surface area contributed by atoms with Crippen LogP contribution in [0.2, 0.25) is 0 Å². The zero-order chi connectivity index (χ0) is 23.1. The monoisotopic (exact) mass is 441 g/mol. The number of benzene rings is 1. The molecule has 33 heavy (non-hydrogen) atoms. The van der Waals surface area contributed by atoms with Gasteiger partial charge in [0, 0.05) is 23.5 Å². The molecule has 1 saturated carbocycles. The van der Waals surface area contributed by atoms with Gasteiger partial charge in [0.25, 0.3) is 0 Å². The van der Waals surface area contributed by atoms with Gasteiger partial charge >= 0.3 is 6.03 Å². The van der Waals surface area contributed by atoms with Crippen molar-refractivity contribution < 1.29 is 4.79 Å². The molecule has 6 heteroatoms. The third kappa shape index (κ3) is 3.78. The van der Waals surface area contributed by atoms with Crippen LogP contribution in [-0.2, 0) is 5.54 Å². The Balaban J connectivity index is 1.36. The molecule has 1 aliphatic carbocycles. The highest BCUT2D eigenvalue weighted by atomic mass is 16.2. The standard InChI is InChI=1S/C27H31N5O/c1-20-17-23(21-9-15-28-16-10-21)29-18-24(20)32-19-26(30-25(32)33)11-13-27(14-12-26,31(2)3)22-7-5-4-6-8-22/h4-10,15-18H,11-14,19H2,1-3H3,(H,30,33)/t26-,27+. The number of urea groups is 1. The summed E-state index contributed by atoms with van der Waals surface area (Å²) in [5.74, 6) is 0. The van der Waals surface area contributed by atoms with Gasteiger partial charge in [0.05, 0.1) is 29.7 Å². The summed E-state index contributed by atoms with van der Waals surface area (Å²) in [4.78, 5) is 26.1. The normalized spacial score (nSPS) is 25.0. The minimum absolute atomic E-state index is 0.00825. The molecule has 3 aromatic rings. The molecule has 2 aliphatic rings. The van der Waals surface area contributed by atoms with Crippen molar-refractivity contribution in [1.82, 2.24) is 20.2 Å². The first-order valence-corrected chi connectivity index (χ1v) is 11.6. The van der Waals surface area contributed by atoms with Gasteiger partial charge in [-0.1, -0.05) is 30.3 Å². The minimum Gasteiger partial charge on any atom is -0.330 e. The van der Waals surface area contributed by atoms with Crippen LogP contribution in [0.5, 0.6) is 0 Å². The molecule has 5 rings (SSSR count). The van der Waals surface area contributed by atoms with E-state index in [-0.39, 0.29) is 17.1 Å². The van der Waals surface area contributed by atoms with Crippen LogP contribution in [0.3, 0.4) is 0 Å². The molecule has 0 atom stereocenters. The summed E-state index contributed by atoms with van der Waals surface area (Å²) in [6.45, 7) is 2.73. The molecule has 1 N–H and O–H groups in total. The Morgan fingerprint density at radius 3 is 2.33 bits per heavy atom. The quantitative estimate of drug-likeness (QED) is 0.635. The van der Waals surface area contributed by atoms with Crippen molar-refractivity contribution in [2.45, 2.75) is 43.7 Å². The molecule has 2 amide bonds. The van der Waals surface area contributed by atoms with E-state index in [9.17, 15) is 4.79 Å². The number of nitrogens with zero attached hydrogens (tertiary/aromatic N) is 4. The summed E-state index contributed by atoms with van der Waals surface area (Å²) in [7, 11) is 4.34. The Hall–Kier alpha value is -3.25. The molecule has 0 unspecified atom stereocenters. The number of aromatic nitrogens is 2. The van der Waals surface area contributed by atoms with Crippen molar-refractivity contribution in [3.63, 3.8) is 0 Å². The summed E-state index contributed by atoms with van der Waals surface area (Å²) in [5, 5.41) is 3.35. The average molecular weight is 442 g/mol. The predicted octanol–water partition coefficient (Wildman–Crippen LogP) is 4.75. The van der Waals surface area contributed by atoms with Crippen molar-refractivity contribution in [3.8, 4) is 11.3 Å². The zero-order valence-corrected chi connectivity index (χ0v) is 19.6. The number of hydrogen-bond acceptors (Lipinski definition) is 4. The second kappa shape index (κ2) is 8.27. The number of carbonyl (C=O) groups is 1. The molecule has 0 radical (unpaired) electrons. The van der Waals surface area contributed by atoms with Crippen LogP contribution in [0.15, 0.2) is 67.1 Å². The Kier molecular flexibility index (Phi) is 5.41. The number of pyridine rings is 2. The summed E-state index contributed by atoms with van der Waals surface area (Å²) in [6, 6.07) is 16.7. The van der Waals surface area contributed by atoms with Gasteiger partial charge in [-0.25, -0.2) is 4.79 Å². The molecule has 1 saturated heterocycles. The molecule has 1 aromatic carbocycles. The average Bonchev–Trinajstić information content (AvgIpc) is 3.16. The minimum atomic E-state index is -0.193. The van der Waals surface area contributed by atoms with Crippen LogP contribution in [0.1, 0.15) is 36.8 Å². The van der Waals surface area contributed by atoms with E-state index in [4.69, 9.17) is 0 Å². The smallest absolute Gasteiger partial charge is 0.322 e. The molecule has 2 aromatic heterocycles. The Morgan fingerprint density at radius 1 is 1.00 bits per heavy atom. The maximum Gasteiger partial charge on any atom is 0.322 e.